The molecule has 0 amide bonds. The third-order valence-corrected chi connectivity index (χ3v) is 4.37. The first-order valence-corrected chi connectivity index (χ1v) is 6.80. The molecule has 2 aliphatic rings. The molecule has 2 saturated heterocycles. The molecule has 2 bridgehead atoms. The minimum absolute atomic E-state index is 0.430. The highest BCUT2D eigenvalue weighted by Crippen LogP contribution is 2.36. The van der Waals surface area contributed by atoms with Crippen LogP contribution in [0.4, 0.5) is 0 Å². The van der Waals surface area contributed by atoms with Crippen LogP contribution in [0.1, 0.15) is 38.3 Å². The Hall–Kier alpha value is -0.870. The highest BCUT2D eigenvalue weighted by molar-refractivity contribution is 5.05. The Kier molecular flexibility index (Phi) is 2.92. The van der Waals surface area contributed by atoms with Gasteiger partial charge >= 0.3 is 0 Å². The van der Waals surface area contributed by atoms with Crippen molar-refractivity contribution in [2.45, 2.75) is 63.8 Å². The minimum atomic E-state index is 0.430. The lowest BCUT2D eigenvalue weighted by Crippen LogP contribution is -2.47. The first kappa shape index (κ1) is 11.2. The maximum absolute atomic E-state index is 6.10. The zero-order valence-corrected chi connectivity index (χ0v) is 10.5. The van der Waals surface area contributed by atoms with Crippen molar-refractivity contribution in [3.05, 3.63) is 18.0 Å². The number of aromatic nitrogens is 2. The first-order valence-electron chi connectivity index (χ1n) is 6.80. The summed E-state index contributed by atoms with van der Waals surface area (Å²) in [5.41, 5.74) is 7.45. The Morgan fingerprint density at radius 3 is 2.71 bits per heavy atom. The van der Waals surface area contributed by atoms with E-state index in [1.165, 1.54) is 31.4 Å². The Morgan fingerprint density at radius 1 is 1.35 bits per heavy atom. The second-order valence-electron chi connectivity index (χ2n) is 5.43. The van der Waals surface area contributed by atoms with Crippen LogP contribution in [0, 0.1) is 0 Å². The van der Waals surface area contributed by atoms with Crippen LogP contribution in [0.3, 0.4) is 0 Å². The largest absolute Gasteiger partial charge is 0.328 e. The van der Waals surface area contributed by atoms with Gasteiger partial charge in [-0.25, -0.2) is 0 Å². The summed E-state index contributed by atoms with van der Waals surface area (Å²) in [7, 11) is 0. The standard InChI is InChI=1S/C13H22N4/c1-2-17-13(5-6-15-17)9-16-11-3-4-12(16)8-10(14)7-11/h5-6,10-12H,2-4,7-9,14H2,1H3. The normalized spacial score (nSPS) is 33.2. The topological polar surface area (TPSA) is 47.1 Å². The fourth-order valence-electron chi connectivity index (χ4n) is 3.54. The van der Waals surface area contributed by atoms with Crippen LogP contribution in [-0.2, 0) is 13.1 Å². The fourth-order valence-corrected chi connectivity index (χ4v) is 3.54. The van der Waals surface area contributed by atoms with Crippen molar-refractivity contribution < 1.29 is 0 Å². The lowest BCUT2D eigenvalue weighted by molar-refractivity contribution is 0.116. The molecule has 4 heteroatoms. The Morgan fingerprint density at radius 2 is 2.06 bits per heavy atom. The van der Waals surface area contributed by atoms with Gasteiger partial charge in [-0.3, -0.25) is 9.58 Å². The van der Waals surface area contributed by atoms with Gasteiger partial charge in [0.05, 0.1) is 5.69 Å². The number of nitrogens with two attached hydrogens (primary N) is 1. The van der Waals surface area contributed by atoms with Gasteiger partial charge in [-0.2, -0.15) is 5.10 Å². The fraction of sp³-hybridized carbons (Fsp3) is 0.769. The number of aryl methyl sites for hydroxylation is 1. The predicted octanol–water partition coefficient (Wildman–Crippen LogP) is 1.36. The molecular weight excluding hydrogens is 212 g/mol. The maximum Gasteiger partial charge on any atom is 0.0524 e. The van der Waals surface area contributed by atoms with Crippen LogP contribution < -0.4 is 5.73 Å². The van der Waals surface area contributed by atoms with Gasteiger partial charge < -0.3 is 5.73 Å². The molecule has 1 aromatic rings. The highest BCUT2D eigenvalue weighted by atomic mass is 15.3. The lowest BCUT2D eigenvalue weighted by Gasteiger charge is -2.37. The molecule has 0 radical (unpaired) electrons. The molecule has 0 saturated carbocycles. The molecule has 1 aromatic heterocycles. The minimum Gasteiger partial charge on any atom is -0.328 e. The van der Waals surface area contributed by atoms with E-state index in [9.17, 15) is 0 Å². The van der Waals surface area contributed by atoms with Crippen molar-refractivity contribution in [3.63, 3.8) is 0 Å². The summed E-state index contributed by atoms with van der Waals surface area (Å²) in [5.74, 6) is 0. The summed E-state index contributed by atoms with van der Waals surface area (Å²) in [4.78, 5) is 2.66. The SMILES string of the molecule is CCn1nccc1CN1C2CCC1CC(N)C2. The summed E-state index contributed by atoms with van der Waals surface area (Å²) >= 11 is 0. The zero-order valence-electron chi connectivity index (χ0n) is 10.5. The smallest absolute Gasteiger partial charge is 0.0524 e. The third-order valence-electron chi connectivity index (χ3n) is 4.37. The zero-order chi connectivity index (χ0) is 11.8. The molecule has 4 nitrogen and oxygen atoms in total. The van der Waals surface area contributed by atoms with Crippen molar-refractivity contribution in [2.75, 3.05) is 0 Å². The van der Waals surface area contributed by atoms with Gasteiger partial charge in [0, 0.05) is 37.4 Å². The van der Waals surface area contributed by atoms with Crippen LogP contribution in [0.5, 0.6) is 0 Å². The number of fused-ring (bicyclic) bond motifs is 2. The van der Waals surface area contributed by atoms with Gasteiger partial charge in [-0.1, -0.05) is 0 Å². The molecule has 3 heterocycles. The summed E-state index contributed by atoms with van der Waals surface area (Å²) < 4.78 is 2.11. The van der Waals surface area contributed by atoms with E-state index in [1.807, 2.05) is 6.20 Å². The molecule has 2 fully saturated rings. The molecule has 0 spiro atoms. The first-order chi connectivity index (χ1) is 8.28. The quantitative estimate of drug-likeness (QED) is 0.859. The van der Waals surface area contributed by atoms with Crippen LogP contribution in [0.2, 0.25) is 0 Å². The monoisotopic (exact) mass is 234 g/mol. The number of rotatable bonds is 3. The summed E-state index contributed by atoms with van der Waals surface area (Å²) in [6.07, 6.45) is 6.93. The molecule has 2 aliphatic heterocycles. The lowest BCUT2D eigenvalue weighted by atomic mass is 9.98. The Balaban J connectivity index is 1.74. The van der Waals surface area contributed by atoms with Gasteiger partial charge in [0.15, 0.2) is 0 Å². The van der Waals surface area contributed by atoms with Gasteiger partial charge in [0.25, 0.3) is 0 Å². The van der Waals surface area contributed by atoms with Gasteiger partial charge in [0.2, 0.25) is 0 Å². The molecule has 94 valence electrons. The molecule has 0 aromatic carbocycles. The van der Waals surface area contributed by atoms with E-state index in [4.69, 9.17) is 5.73 Å². The number of hydrogen-bond acceptors (Lipinski definition) is 3. The molecule has 2 N–H and O–H groups in total. The summed E-state index contributed by atoms with van der Waals surface area (Å²) in [6.45, 7) is 4.16. The highest BCUT2D eigenvalue weighted by Gasteiger charge is 2.39. The summed E-state index contributed by atoms with van der Waals surface area (Å²) in [5, 5.41) is 4.35. The molecule has 17 heavy (non-hydrogen) atoms. The van der Waals surface area contributed by atoms with E-state index in [1.54, 1.807) is 0 Å². The average molecular weight is 234 g/mol. The Labute approximate surface area is 103 Å². The Bertz CT molecular complexity index is 373. The van der Waals surface area contributed by atoms with Crippen LogP contribution in [-0.4, -0.2) is 32.8 Å². The molecule has 2 atom stereocenters. The van der Waals surface area contributed by atoms with Crippen LogP contribution in [0.15, 0.2) is 12.3 Å². The summed E-state index contributed by atoms with van der Waals surface area (Å²) in [6, 6.07) is 4.00. The van der Waals surface area contributed by atoms with Crippen LogP contribution in [0.25, 0.3) is 0 Å². The number of hydrogen-bond donors (Lipinski definition) is 1. The van der Waals surface area contributed by atoms with Crippen molar-refractivity contribution in [3.8, 4) is 0 Å². The number of nitrogens with zero attached hydrogens (tertiary/aromatic N) is 3. The second kappa shape index (κ2) is 4.42. The molecule has 0 aliphatic carbocycles. The molecule has 3 rings (SSSR count). The van der Waals surface area contributed by atoms with Crippen molar-refractivity contribution >= 4 is 0 Å². The van der Waals surface area contributed by atoms with Crippen molar-refractivity contribution in [2.24, 2.45) is 5.73 Å². The van der Waals surface area contributed by atoms with Crippen LogP contribution >= 0.6 is 0 Å². The predicted molar refractivity (Wildman–Crippen MR) is 67.5 cm³/mol. The van der Waals surface area contributed by atoms with Gasteiger partial charge in [-0.05, 0) is 38.7 Å². The van der Waals surface area contributed by atoms with E-state index in [2.05, 4.69) is 27.7 Å². The van der Waals surface area contributed by atoms with E-state index < -0.39 is 0 Å². The van der Waals surface area contributed by atoms with E-state index in [0.29, 0.717) is 18.1 Å². The van der Waals surface area contributed by atoms with Gasteiger partial charge in [-0.15, -0.1) is 0 Å². The number of piperidine rings is 1. The molecule has 2 unspecified atom stereocenters. The van der Waals surface area contributed by atoms with Crippen molar-refractivity contribution in [1.29, 1.82) is 0 Å². The van der Waals surface area contributed by atoms with Gasteiger partial charge in [0.1, 0.15) is 0 Å². The van der Waals surface area contributed by atoms with E-state index in [0.717, 1.165) is 13.1 Å². The van der Waals surface area contributed by atoms with E-state index in [-0.39, 0.29) is 0 Å². The maximum atomic E-state index is 6.10. The average Bonchev–Trinajstić information content (AvgIpc) is 2.84. The third kappa shape index (κ3) is 2.00. The van der Waals surface area contributed by atoms with E-state index >= 15 is 0 Å². The van der Waals surface area contributed by atoms with Crippen molar-refractivity contribution in [1.82, 2.24) is 14.7 Å². The molecular formula is C13H22N4. The second-order valence-corrected chi connectivity index (χ2v) is 5.43.